The van der Waals surface area contributed by atoms with Crippen molar-refractivity contribution in [3.8, 4) is 0 Å². The third-order valence-electron chi connectivity index (χ3n) is 7.65. The lowest BCUT2D eigenvalue weighted by Crippen LogP contribution is -2.47. The van der Waals surface area contributed by atoms with Crippen LogP contribution >= 0.6 is 0 Å². The summed E-state index contributed by atoms with van der Waals surface area (Å²) in [5.74, 6) is 0.533. The first kappa shape index (κ1) is 24.3. The number of imide groups is 1. The Bertz CT molecular complexity index is 1430. The van der Waals surface area contributed by atoms with E-state index in [9.17, 15) is 9.59 Å². The molecule has 0 atom stereocenters. The van der Waals surface area contributed by atoms with E-state index < -0.39 is 0 Å². The Hall–Kier alpha value is -4.04. The fourth-order valence-corrected chi connectivity index (χ4v) is 5.67. The highest BCUT2D eigenvalue weighted by molar-refractivity contribution is 6.16. The van der Waals surface area contributed by atoms with E-state index in [-0.39, 0.29) is 18.2 Å². The molecule has 0 saturated carbocycles. The number of hydrogen-bond acceptors (Lipinski definition) is 6. The maximum Gasteiger partial charge on any atom is 0.262 e. The number of hydrogen-bond donors (Lipinski definition) is 0. The van der Waals surface area contributed by atoms with E-state index in [1.807, 2.05) is 48.5 Å². The molecule has 0 spiro atoms. The number of anilines is 1. The molecule has 0 unspecified atom stereocenters. The smallest absolute Gasteiger partial charge is 0.262 e. The minimum Gasteiger partial charge on any atom is -0.339 e. The van der Waals surface area contributed by atoms with Gasteiger partial charge in [0.1, 0.15) is 0 Å². The van der Waals surface area contributed by atoms with Crippen LogP contribution in [0.4, 0.5) is 5.95 Å². The molecule has 38 heavy (non-hydrogen) atoms. The van der Waals surface area contributed by atoms with E-state index in [0.717, 1.165) is 73.7 Å². The van der Waals surface area contributed by atoms with E-state index in [4.69, 9.17) is 0 Å². The van der Waals surface area contributed by atoms with Crippen LogP contribution in [0, 0.1) is 0 Å². The quantitative estimate of drug-likeness (QED) is 0.267. The van der Waals surface area contributed by atoms with Crippen molar-refractivity contribution in [2.45, 2.75) is 25.8 Å². The molecule has 2 aromatic heterocycles. The van der Waals surface area contributed by atoms with Gasteiger partial charge in [0.05, 0.1) is 12.0 Å². The minimum atomic E-state index is -0.157. The standard InChI is InChI=1S/C30H32N6O2/c37-27-21-26-28(24-11-4-5-12-25(24)36(26)22-23-9-2-1-3-10-23)29(38)35(27)16-7-6-15-33-17-19-34(20-18-33)30-31-13-8-14-32-30/h1-5,8-14H,6-7,15-22H2. The Kier molecular flexibility index (Phi) is 6.88. The van der Waals surface area contributed by atoms with Crippen molar-refractivity contribution in [3.63, 3.8) is 0 Å². The lowest BCUT2D eigenvalue weighted by Gasteiger charge is -2.34. The molecule has 2 aromatic carbocycles. The van der Waals surface area contributed by atoms with Gasteiger partial charge in [-0.3, -0.25) is 19.4 Å². The molecule has 2 amide bonds. The molecule has 0 N–H and O–H groups in total. The number of para-hydroxylation sites is 1. The van der Waals surface area contributed by atoms with Gasteiger partial charge in [-0.1, -0.05) is 48.5 Å². The number of aromatic nitrogens is 3. The van der Waals surface area contributed by atoms with Gasteiger partial charge in [0, 0.05) is 68.3 Å². The predicted octanol–water partition coefficient (Wildman–Crippen LogP) is 3.61. The van der Waals surface area contributed by atoms with Gasteiger partial charge in [-0.2, -0.15) is 0 Å². The zero-order valence-electron chi connectivity index (χ0n) is 21.5. The van der Waals surface area contributed by atoms with Gasteiger partial charge in [-0.15, -0.1) is 0 Å². The molecule has 8 nitrogen and oxygen atoms in total. The van der Waals surface area contributed by atoms with Gasteiger partial charge in [0.2, 0.25) is 11.9 Å². The van der Waals surface area contributed by atoms with Crippen LogP contribution in [0.25, 0.3) is 10.9 Å². The number of rotatable bonds is 8. The van der Waals surface area contributed by atoms with Gasteiger partial charge in [0.15, 0.2) is 0 Å². The van der Waals surface area contributed by atoms with Crippen molar-refractivity contribution in [2.75, 3.05) is 44.2 Å². The Morgan fingerprint density at radius 1 is 0.763 bits per heavy atom. The van der Waals surface area contributed by atoms with Gasteiger partial charge in [0.25, 0.3) is 5.91 Å². The molecule has 6 rings (SSSR count). The normalized spacial score (nSPS) is 16.3. The highest BCUT2D eigenvalue weighted by Crippen LogP contribution is 2.32. The summed E-state index contributed by atoms with van der Waals surface area (Å²) in [5.41, 5.74) is 3.68. The number of nitrogens with zero attached hydrogens (tertiary/aromatic N) is 6. The Labute approximate surface area is 222 Å². The van der Waals surface area contributed by atoms with Gasteiger partial charge in [-0.25, -0.2) is 9.97 Å². The van der Waals surface area contributed by atoms with Crippen LogP contribution in [0.2, 0.25) is 0 Å². The maximum atomic E-state index is 13.6. The first-order chi connectivity index (χ1) is 18.7. The zero-order chi connectivity index (χ0) is 25.9. The van der Waals surface area contributed by atoms with E-state index in [1.54, 1.807) is 12.4 Å². The predicted molar refractivity (Wildman–Crippen MR) is 147 cm³/mol. The molecule has 8 heteroatoms. The van der Waals surface area contributed by atoms with Crippen LogP contribution in [-0.2, 0) is 17.8 Å². The average Bonchev–Trinajstić information content (AvgIpc) is 3.27. The number of carbonyl (C=O) groups excluding carboxylic acids is 2. The molecule has 2 aliphatic heterocycles. The molecule has 0 aliphatic carbocycles. The lowest BCUT2D eigenvalue weighted by molar-refractivity contribution is -0.128. The fraction of sp³-hybridized carbons (Fsp3) is 0.333. The molecule has 1 saturated heterocycles. The van der Waals surface area contributed by atoms with E-state index in [2.05, 4.69) is 36.5 Å². The molecule has 194 valence electrons. The molecule has 4 aromatic rings. The van der Waals surface area contributed by atoms with Crippen molar-refractivity contribution in [1.29, 1.82) is 0 Å². The second kappa shape index (κ2) is 10.8. The summed E-state index contributed by atoms with van der Waals surface area (Å²) in [6.45, 7) is 5.80. The monoisotopic (exact) mass is 508 g/mol. The van der Waals surface area contributed by atoms with Crippen LogP contribution in [0.3, 0.4) is 0 Å². The summed E-state index contributed by atoms with van der Waals surface area (Å²) < 4.78 is 2.15. The second-order valence-corrected chi connectivity index (χ2v) is 10.0. The van der Waals surface area contributed by atoms with Crippen molar-refractivity contribution < 1.29 is 9.59 Å². The van der Waals surface area contributed by atoms with Crippen molar-refractivity contribution in [1.82, 2.24) is 24.3 Å². The molecule has 1 fully saturated rings. The number of fused-ring (bicyclic) bond motifs is 3. The number of benzene rings is 2. The van der Waals surface area contributed by atoms with Gasteiger partial charge < -0.3 is 9.47 Å². The number of amides is 2. The Morgan fingerprint density at radius 2 is 1.47 bits per heavy atom. The van der Waals surface area contributed by atoms with Crippen molar-refractivity contribution in [2.24, 2.45) is 0 Å². The van der Waals surface area contributed by atoms with E-state index >= 15 is 0 Å². The number of carbonyl (C=O) groups is 2. The summed E-state index contributed by atoms with van der Waals surface area (Å²) in [6, 6.07) is 20.0. The van der Waals surface area contributed by atoms with E-state index in [0.29, 0.717) is 18.7 Å². The first-order valence-electron chi connectivity index (χ1n) is 13.4. The van der Waals surface area contributed by atoms with Gasteiger partial charge in [-0.05, 0) is 37.1 Å². The molecular formula is C30H32N6O2. The third-order valence-corrected chi connectivity index (χ3v) is 7.65. The SMILES string of the molecule is O=C1Cc2c(c3ccccc3n2Cc2ccccc2)C(=O)N1CCCCN1CCN(c2ncccn2)CC1. The van der Waals surface area contributed by atoms with Crippen LogP contribution in [0.1, 0.15) is 34.5 Å². The van der Waals surface area contributed by atoms with Gasteiger partial charge >= 0.3 is 0 Å². The summed E-state index contributed by atoms with van der Waals surface area (Å²) in [6.07, 6.45) is 5.56. The fourth-order valence-electron chi connectivity index (χ4n) is 5.67. The first-order valence-corrected chi connectivity index (χ1v) is 13.4. The van der Waals surface area contributed by atoms with E-state index in [1.165, 1.54) is 4.90 Å². The number of piperazine rings is 1. The zero-order valence-corrected chi connectivity index (χ0v) is 21.5. The van der Waals surface area contributed by atoms with Crippen LogP contribution in [0.15, 0.2) is 73.1 Å². The van der Waals surface area contributed by atoms with Crippen LogP contribution < -0.4 is 4.90 Å². The molecule has 0 bridgehead atoms. The van der Waals surface area contributed by atoms with Crippen LogP contribution in [-0.4, -0.2) is 75.4 Å². The maximum absolute atomic E-state index is 13.6. The second-order valence-electron chi connectivity index (χ2n) is 10.0. The largest absolute Gasteiger partial charge is 0.339 e. The molecular weight excluding hydrogens is 476 g/mol. The number of unbranched alkanes of at least 4 members (excludes halogenated alkanes) is 1. The summed E-state index contributed by atoms with van der Waals surface area (Å²) in [5, 5.41) is 0.932. The molecule has 2 aliphatic rings. The Balaban J connectivity index is 1.09. The van der Waals surface area contributed by atoms with Crippen molar-refractivity contribution >= 4 is 28.7 Å². The highest BCUT2D eigenvalue weighted by Gasteiger charge is 2.35. The minimum absolute atomic E-state index is 0.101. The summed E-state index contributed by atoms with van der Waals surface area (Å²) in [4.78, 5) is 41.7. The molecule has 4 heterocycles. The topological polar surface area (TPSA) is 74.6 Å². The highest BCUT2D eigenvalue weighted by atomic mass is 16.2. The molecule has 0 radical (unpaired) electrons. The lowest BCUT2D eigenvalue weighted by atomic mass is 10.0. The summed E-state index contributed by atoms with van der Waals surface area (Å²) >= 11 is 0. The van der Waals surface area contributed by atoms with Crippen LogP contribution in [0.5, 0.6) is 0 Å². The summed E-state index contributed by atoms with van der Waals surface area (Å²) in [7, 11) is 0. The Morgan fingerprint density at radius 3 is 2.26 bits per heavy atom. The average molecular weight is 509 g/mol. The third kappa shape index (κ3) is 4.79. The van der Waals surface area contributed by atoms with Crippen molar-refractivity contribution in [3.05, 3.63) is 89.9 Å².